The molecule has 7 heteroatoms. The lowest BCUT2D eigenvalue weighted by molar-refractivity contribution is 0.494. The Morgan fingerprint density at radius 3 is 2.41 bits per heavy atom. The van der Waals surface area contributed by atoms with Crippen molar-refractivity contribution in [3.8, 4) is 0 Å². The van der Waals surface area contributed by atoms with E-state index in [0.717, 1.165) is 5.56 Å². The molecule has 0 bridgehead atoms. The third-order valence-electron chi connectivity index (χ3n) is 1.71. The van der Waals surface area contributed by atoms with Gasteiger partial charge in [-0.05, 0) is 55.3 Å². The number of nitrogens with zero attached hydrogens (tertiary/aromatic N) is 1. The molecular formula is C10H16BrN3O2S. The van der Waals surface area contributed by atoms with Crippen molar-refractivity contribution in [2.45, 2.75) is 33.2 Å². The minimum Gasteiger partial charge on any atom is -0.270 e. The third kappa shape index (κ3) is 5.01. The maximum absolute atomic E-state index is 11.8. The molecule has 0 atom stereocenters. The number of aromatic nitrogens is 1. The molecule has 0 saturated carbocycles. The molecule has 0 radical (unpaired) electrons. The monoisotopic (exact) mass is 321 g/mol. The van der Waals surface area contributed by atoms with Crippen LogP contribution >= 0.6 is 15.9 Å². The molecule has 17 heavy (non-hydrogen) atoms. The Bertz CT molecular complexity index is 509. The Hall–Kier alpha value is -0.660. The summed E-state index contributed by atoms with van der Waals surface area (Å²) < 4.78 is 29.1. The molecule has 0 aliphatic heterocycles. The second-order valence-electron chi connectivity index (χ2n) is 4.79. The molecule has 5 nitrogen and oxygen atoms in total. The molecular weight excluding hydrogens is 306 g/mol. The van der Waals surface area contributed by atoms with Gasteiger partial charge in [-0.3, -0.25) is 4.72 Å². The smallest absolute Gasteiger partial charge is 0.270 e. The summed E-state index contributed by atoms with van der Waals surface area (Å²) in [6, 6.07) is 1.71. The Morgan fingerprint density at radius 1 is 1.35 bits per heavy atom. The number of rotatable bonds is 3. The van der Waals surface area contributed by atoms with Crippen LogP contribution in [0.4, 0.5) is 5.69 Å². The van der Waals surface area contributed by atoms with Crippen LogP contribution in [0, 0.1) is 6.92 Å². The zero-order chi connectivity index (χ0) is 13.3. The van der Waals surface area contributed by atoms with E-state index in [2.05, 4.69) is 30.4 Å². The number of anilines is 1. The molecule has 1 heterocycles. The van der Waals surface area contributed by atoms with Crippen LogP contribution in [0.2, 0.25) is 0 Å². The number of nitrogens with one attached hydrogen (secondary N) is 2. The molecule has 0 aromatic carbocycles. The van der Waals surface area contributed by atoms with Crippen LogP contribution < -0.4 is 9.44 Å². The van der Waals surface area contributed by atoms with Crippen molar-refractivity contribution < 1.29 is 8.42 Å². The first-order valence-electron chi connectivity index (χ1n) is 5.03. The standard InChI is InChI=1S/C10H16BrN3O2S/c1-7-5-8(6-12-9(7)11)13-17(15,16)14-10(2,3)4/h5-6,13-14H,1-4H3. The molecule has 1 rings (SSSR count). The molecule has 0 aliphatic rings. The van der Waals surface area contributed by atoms with Gasteiger partial charge >= 0.3 is 0 Å². The second-order valence-corrected chi connectivity index (χ2v) is 6.96. The van der Waals surface area contributed by atoms with Crippen LogP contribution in [-0.4, -0.2) is 18.9 Å². The lowest BCUT2D eigenvalue weighted by atomic mass is 10.1. The van der Waals surface area contributed by atoms with Crippen molar-refractivity contribution in [3.63, 3.8) is 0 Å². The van der Waals surface area contributed by atoms with Crippen LogP contribution in [0.15, 0.2) is 16.9 Å². The van der Waals surface area contributed by atoms with E-state index in [0.29, 0.717) is 10.3 Å². The molecule has 0 unspecified atom stereocenters. The van der Waals surface area contributed by atoms with Gasteiger partial charge < -0.3 is 0 Å². The SMILES string of the molecule is Cc1cc(NS(=O)(=O)NC(C)(C)C)cnc1Br. The van der Waals surface area contributed by atoms with Gasteiger partial charge in [0.2, 0.25) is 0 Å². The molecule has 0 fully saturated rings. The minimum atomic E-state index is -3.58. The van der Waals surface area contributed by atoms with Gasteiger partial charge in [0.15, 0.2) is 0 Å². The van der Waals surface area contributed by atoms with Crippen molar-refractivity contribution in [2.75, 3.05) is 4.72 Å². The topological polar surface area (TPSA) is 71.1 Å². The first-order chi connectivity index (χ1) is 7.59. The summed E-state index contributed by atoms with van der Waals surface area (Å²) in [6.07, 6.45) is 1.46. The van der Waals surface area contributed by atoms with Gasteiger partial charge in [-0.1, -0.05) is 0 Å². The highest BCUT2D eigenvalue weighted by atomic mass is 79.9. The molecule has 0 amide bonds. The summed E-state index contributed by atoms with van der Waals surface area (Å²) in [4.78, 5) is 4.02. The Balaban J connectivity index is 2.87. The van der Waals surface area contributed by atoms with Crippen LogP contribution in [0.1, 0.15) is 26.3 Å². The van der Waals surface area contributed by atoms with Crippen molar-refractivity contribution in [1.82, 2.24) is 9.71 Å². The van der Waals surface area contributed by atoms with E-state index in [9.17, 15) is 8.42 Å². The van der Waals surface area contributed by atoms with Gasteiger partial charge in [-0.15, -0.1) is 0 Å². The zero-order valence-electron chi connectivity index (χ0n) is 10.2. The van der Waals surface area contributed by atoms with E-state index in [4.69, 9.17) is 0 Å². The highest BCUT2D eigenvalue weighted by molar-refractivity contribution is 9.10. The largest absolute Gasteiger partial charge is 0.299 e. The molecule has 1 aromatic heterocycles. The number of hydrogen-bond acceptors (Lipinski definition) is 3. The number of halogens is 1. The van der Waals surface area contributed by atoms with Gasteiger partial charge in [0, 0.05) is 5.54 Å². The number of pyridine rings is 1. The normalized spacial score (nSPS) is 12.5. The summed E-state index contributed by atoms with van der Waals surface area (Å²) in [5, 5.41) is 0. The molecule has 1 aromatic rings. The summed E-state index contributed by atoms with van der Waals surface area (Å²) in [6.45, 7) is 7.16. The van der Waals surface area contributed by atoms with Crippen LogP contribution in [0.5, 0.6) is 0 Å². The Kier molecular flexibility index (Phi) is 4.16. The van der Waals surface area contributed by atoms with E-state index < -0.39 is 15.7 Å². The quantitative estimate of drug-likeness (QED) is 0.838. The first kappa shape index (κ1) is 14.4. The molecule has 0 aliphatic carbocycles. The fourth-order valence-corrected chi connectivity index (χ4v) is 2.69. The number of hydrogen-bond donors (Lipinski definition) is 2. The predicted octanol–water partition coefficient (Wildman–Crippen LogP) is 2.20. The van der Waals surface area contributed by atoms with E-state index in [1.165, 1.54) is 6.20 Å². The van der Waals surface area contributed by atoms with Crippen molar-refractivity contribution in [2.24, 2.45) is 0 Å². The van der Waals surface area contributed by atoms with Gasteiger partial charge in [0.05, 0.1) is 11.9 Å². The average molecular weight is 322 g/mol. The maximum atomic E-state index is 11.8. The van der Waals surface area contributed by atoms with Crippen LogP contribution in [0.25, 0.3) is 0 Å². The second kappa shape index (κ2) is 4.91. The summed E-state index contributed by atoms with van der Waals surface area (Å²) >= 11 is 3.25. The van der Waals surface area contributed by atoms with Gasteiger partial charge in [0.1, 0.15) is 4.60 Å². The first-order valence-corrected chi connectivity index (χ1v) is 7.30. The van der Waals surface area contributed by atoms with Crippen molar-refractivity contribution in [1.29, 1.82) is 0 Å². The highest BCUT2D eigenvalue weighted by Gasteiger charge is 2.19. The molecule has 2 N–H and O–H groups in total. The molecule has 96 valence electrons. The Morgan fingerprint density at radius 2 is 1.94 bits per heavy atom. The van der Waals surface area contributed by atoms with Crippen LogP contribution in [-0.2, 0) is 10.2 Å². The number of aryl methyl sites for hydroxylation is 1. The fourth-order valence-electron chi connectivity index (χ4n) is 1.20. The molecule has 0 spiro atoms. The van der Waals surface area contributed by atoms with Gasteiger partial charge in [-0.2, -0.15) is 13.1 Å². The van der Waals surface area contributed by atoms with Crippen molar-refractivity contribution >= 4 is 31.8 Å². The lowest BCUT2D eigenvalue weighted by Crippen LogP contribution is -2.43. The third-order valence-corrected chi connectivity index (χ3v) is 3.92. The van der Waals surface area contributed by atoms with Gasteiger partial charge in [-0.25, -0.2) is 4.98 Å². The zero-order valence-corrected chi connectivity index (χ0v) is 12.6. The fraction of sp³-hybridized carbons (Fsp3) is 0.500. The Labute approximate surface area is 110 Å². The highest BCUT2D eigenvalue weighted by Crippen LogP contribution is 2.17. The minimum absolute atomic E-state index is 0.433. The van der Waals surface area contributed by atoms with Gasteiger partial charge in [0.25, 0.3) is 10.2 Å². The van der Waals surface area contributed by atoms with E-state index in [-0.39, 0.29) is 0 Å². The lowest BCUT2D eigenvalue weighted by Gasteiger charge is -2.20. The van der Waals surface area contributed by atoms with E-state index in [1.54, 1.807) is 26.8 Å². The summed E-state index contributed by atoms with van der Waals surface area (Å²) in [7, 11) is -3.58. The van der Waals surface area contributed by atoms with Crippen LogP contribution in [0.3, 0.4) is 0 Å². The summed E-state index contributed by atoms with van der Waals surface area (Å²) in [5.41, 5.74) is 0.771. The predicted molar refractivity (Wildman–Crippen MR) is 72.1 cm³/mol. The van der Waals surface area contributed by atoms with Crippen molar-refractivity contribution in [3.05, 3.63) is 22.4 Å². The molecule has 0 saturated heterocycles. The summed E-state index contributed by atoms with van der Waals surface area (Å²) in [5.74, 6) is 0. The van der Waals surface area contributed by atoms with E-state index in [1.807, 2.05) is 6.92 Å². The maximum Gasteiger partial charge on any atom is 0.299 e. The average Bonchev–Trinajstić information content (AvgIpc) is 2.06. The van der Waals surface area contributed by atoms with E-state index >= 15 is 0 Å².